The minimum Gasteiger partial charge on any atom is -0.0975 e. The minimum atomic E-state index is -1.05. The Balaban J connectivity index is 0.000000507. The van der Waals surface area contributed by atoms with E-state index in [1.54, 1.807) is 0 Å². The van der Waals surface area contributed by atoms with Gasteiger partial charge >= 0.3 is 0 Å². The summed E-state index contributed by atoms with van der Waals surface area (Å²) >= 11 is 0. The molecule has 0 saturated heterocycles. The largest absolute Gasteiger partial charge is 0.0975 e. The average molecular weight is 326 g/mol. The predicted molar refractivity (Wildman–Crippen MR) is 88.3 cm³/mol. The van der Waals surface area contributed by atoms with Gasteiger partial charge in [-0.1, -0.05) is 50.7 Å². The van der Waals surface area contributed by atoms with Crippen molar-refractivity contribution >= 4 is 8.07 Å². The molecule has 0 aromatic heterocycles. The van der Waals surface area contributed by atoms with E-state index < -0.39 is 8.07 Å². The van der Waals surface area contributed by atoms with Gasteiger partial charge in [-0.3, -0.25) is 0 Å². The molecule has 110 valence electrons. The first-order valence-corrected chi connectivity index (χ1v) is 10.0. The molecule has 0 atom stereocenters. The van der Waals surface area contributed by atoms with Gasteiger partial charge in [-0.05, 0) is 57.8 Å². The summed E-state index contributed by atoms with van der Waals surface area (Å²) in [5.41, 5.74) is 2.53. The molecule has 0 unspecified atom stereocenters. The molecule has 2 fully saturated rings. The Hall–Kier alpha value is 0.476. The Labute approximate surface area is 139 Å². The molecule has 10 radical (unpaired) electrons. The van der Waals surface area contributed by atoms with E-state index in [1.165, 1.54) is 24.1 Å². The van der Waals surface area contributed by atoms with E-state index in [-0.39, 0.29) is 17.1 Å². The summed E-state index contributed by atoms with van der Waals surface area (Å²) < 4.78 is 0. The minimum absolute atomic E-state index is 0. The number of rotatable bonds is 5. The normalized spacial score (nSPS) is 19.8. The van der Waals surface area contributed by atoms with Gasteiger partial charge in [0.25, 0.3) is 0 Å². The Morgan fingerprint density at radius 3 is 1.50 bits per heavy atom. The first-order valence-electron chi connectivity index (χ1n) is 7.34. The molecule has 2 rings (SSSR count). The molecule has 2 saturated carbocycles. The van der Waals surface area contributed by atoms with Crippen LogP contribution in [0.4, 0.5) is 0 Å². The Morgan fingerprint density at radius 1 is 0.750 bits per heavy atom. The first-order chi connectivity index (χ1) is 9.26. The molecule has 2 aliphatic rings. The molecule has 0 spiro atoms. The summed E-state index contributed by atoms with van der Waals surface area (Å²) in [4.78, 5) is 0. The van der Waals surface area contributed by atoms with Crippen LogP contribution in [-0.4, -0.2) is 8.07 Å². The topological polar surface area (TPSA) is 0 Å². The van der Waals surface area contributed by atoms with Crippen molar-refractivity contribution in [1.82, 2.24) is 0 Å². The second-order valence-electron chi connectivity index (χ2n) is 4.94. The average Bonchev–Trinajstić information content (AvgIpc) is 3.17. The van der Waals surface area contributed by atoms with Crippen molar-refractivity contribution in [3.8, 4) is 0 Å². The first kappa shape index (κ1) is 20.5. The second-order valence-corrected chi connectivity index (χ2v) is 10.1. The summed E-state index contributed by atoms with van der Waals surface area (Å²) in [5, 5.41) is 0. The van der Waals surface area contributed by atoms with Crippen molar-refractivity contribution in [1.29, 1.82) is 0 Å². The smallest absolute Gasteiger partial charge is 0.0766 e. The van der Waals surface area contributed by atoms with Gasteiger partial charge < -0.3 is 0 Å². The van der Waals surface area contributed by atoms with Crippen LogP contribution in [0.15, 0.2) is 11.8 Å². The quantitative estimate of drug-likeness (QED) is 0.623. The van der Waals surface area contributed by atoms with Crippen LogP contribution in [0.1, 0.15) is 20.8 Å². The Bertz CT molecular complexity index is 220. The molecule has 0 nitrogen and oxygen atoms in total. The van der Waals surface area contributed by atoms with E-state index in [0.717, 1.165) is 0 Å². The Morgan fingerprint density at radius 2 is 1.15 bits per heavy atom. The van der Waals surface area contributed by atoms with Crippen LogP contribution in [0.2, 0.25) is 18.1 Å². The van der Waals surface area contributed by atoms with E-state index >= 15 is 0 Å². The van der Waals surface area contributed by atoms with Gasteiger partial charge in [-0.15, -0.1) is 0 Å². The van der Waals surface area contributed by atoms with Gasteiger partial charge in [-0.2, -0.15) is 0 Å². The molecular weight excluding hydrogens is 300 g/mol. The molecule has 0 heterocycles. The van der Waals surface area contributed by atoms with Crippen molar-refractivity contribution < 1.29 is 17.1 Å². The van der Waals surface area contributed by atoms with Crippen LogP contribution in [0.3, 0.4) is 0 Å². The van der Waals surface area contributed by atoms with Crippen LogP contribution in [0, 0.1) is 63.7 Å². The summed E-state index contributed by atoms with van der Waals surface area (Å²) in [7, 11) is -1.05. The predicted octanol–water partition coefficient (Wildman–Crippen LogP) is 5.01. The third-order valence-electron chi connectivity index (χ3n) is 3.99. The maximum absolute atomic E-state index is 2.53. The molecule has 2 heteroatoms. The van der Waals surface area contributed by atoms with Gasteiger partial charge in [0.05, 0.1) is 8.07 Å². The number of hydrogen-bond donors (Lipinski definition) is 0. The maximum atomic E-state index is 2.53. The fraction of sp³-hybridized carbons (Fsp3) is 0.333. The SMILES string of the molecule is CC[Si](/C=C/[C]1[CH][CH][CH][CH]1)(CC)CC.[CH]1[CH][CH][CH][CH]1.[Fe]. The zero-order chi connectivity index (χ0) is 14.0. The molecule has 20 heavy (non-hydrogen) atoms. The van der Waals surface area contributed by atoms with Crippen molar-refractivity contribution in [3.63, 3.8) is 0 Å². The summed E-state index contributed by atoms with van der Waals surface area (Å²) in [5.74, 6) is 1.36. The molecule has 0 N–H and O–H groups in total. The molecule has 0 bridgehead atoms. The van der Waals surface area contributed by atoms with Crippen molar-refractivity contribution in [2.75, 3.05) is 0 Å². The van der Waals surface area contributed by atoms with Crippen LogP contribution < -0.4 is 0 Å². The van der Waals surface area contributed by atoms with E-state index in [1.807, 2.05) is 32.1 Å². The van der Waals surface area contributed by atoms with Gasteiger partial charge in [0.15, 0.2) is 0 Å². The summed E-state index contributed by atoms with van der Waals surface area (Å²) in [6.07, 6.45) is 20.9. The zero-order valence-electron chi connectivity index (χ0n) is 12.8. The third kappa shape index (κ3) is 7.47. The van der Waals surface area contributed by atoms with E-state index in [2.05, 4.69) is 58.2 Å². The van der Waals surface area contributed by atoms with Crippen LogP contribution in [-0.2, 0) is 17.1 Å². The van der Waals surface area contributed by atoms with Gasteiger partial charge in [0.1, 0.15) is 0 Å². The van der Waals surface area contributed by atoms with E-state index in [0.29, 0.717) is 0 Å². The van der Waals surface area contributed by atoms with Crippen LogP contribution in [0.5, 0.6) is 0 Å². The standard InChI is InChI=1S/C13H21Si.C5H5.Fe/c1-4-14(5-2,6-3)12-11-13-9-7-8-10-13;1-2-4-5-3-1;/h7-12H,4-6H2,1-3H3;1-5H;/b12-11+;;. The third-order valence-corrected chi connectivity index (χ3v) is 9.08. The van der Waals surface area contributed by atoms with Crippen molar-refractivity contribution in [2.24, 2.45) is 0 Å². The summed E-state index contributed by atoms with van der Waals surface area (Å²) in [6.45, 7) is 7.03. The van der Waals surface area contributed by atoms with Crippen molar-refractivity contribution in [2.45, 2.75) is 38.9 Å². The van der Waals surface area contributed by atoms with Crippen molar-refractivity contribution in [3.05, 3.63) is 75.5 Å². The monoisotopic (exact) mass is 326 g/mol. The molecule has 0 aromatic carbocycles. The zero-order valence-corrected chi connectivity index (χ0v) is 14.9. The van der Waals surface area contributed by atoms with E-state index in [9.17, 15) is 0 Å². The maximum Gasteiger partial charge on any atom is 0.0766 e. The summed E-state index contributed by atoms with van der Waals surface area (Å²) in [6, 6.07) is 4.12. The molecule has 0 amide bonds. The van der Waals surface area contributed by atoms with Gasteiger partial charge in [-0.25, -0.2) is 0 Å². The fourth-order valence-electron chi connectivity index (χ4n) is 2.20. The van der Waals surface area contributed by atoms with E-state index in [4.69, 9.17) is 0 Å². The molecular formula is C18H26FeSi. The number of hydrogen-bond acceptors (Lipinski definition) is 0. The second kappa shape index (κ2) is 12.1. The fourth-order valence-corrected chi connectivity index (χ4v) is 4.95. The van der Waals surface area contributed by atoms with Crippen LogP contribution in [0.25, 0.3) is 0 Å². The van der Waals surface area contributed by atoms with Gasteiger partial charge in [0.2, 0.25) is 0 Å². The molecule has 0 aliphatic heterocycles. The molecule has 0 aromatic rings. The Kier molecular flexibility index (Phi) is 12.4. The van der Waals surface area contributed by atoms with Crippen LogP contribution >= 0.6 is 0 Å². The van der Waals surface area contributed by atoms with Gasteiger partial charge in [0, 0.05) is 23.0 Å². The number of allylic oxidation sites excluding steroid dienone is 1. The molecule has 2 aliphatic carbocycles.